The molecule has 1 heterocycles. The molecule has 140 valence electrons. The summed E-state index contributed by atoms with van der Waals surface area (Å²) in [5.74, 6) is -0.723. The average molecular weight is 387 g/mol. The van der Waals surface area contributed by atoms with Gasteiger partial charge in [-0.1, -0.05) is 11.8 Å². The molecule has 0 aliphatic rings. The molecule has 0 aliphatic heterocycles. The Morgan fingerprint density at radius 2 is 1.88 bits per heavy atom. The van der Waals surface area contributed by atoms with Crippen molar-refractivity contribution in [2.75, 3.05) is 18.2 Å². The molecule has 1 N–H and O–H groups in total. The molecule has 26 heavy (non-hydrogen) atoms. The van der Waals surface area contributed by atoms with Gasteiger partial charge in [0.2, 0.25) is 0 Å². The van der Waals surface area contributed by atoms with Gasteiger partial charge in [0.1, 0.15) is 17.1 Å². The second-order valence-corrected chi connectivity index (χ2v) is 5.71. The Morgan fingerprint density at radius 1 is 1.23 bits per heavy atom. The average Bonchev–Trinajstić information content (AvgIpc) is 2.55. The normalized spacial score (nSPS) is 11.2. The molecule has 0 spiro atoms. The Balaban J connectivity index is 2.32. The van der Waals surface area contributed by atoms with Gasteiger partial charge < -0.3 is 14.8 Å². The van der Waals surface area contributed by atoms with Gasteiger partial charge in [0, 0.05) is 5.69 Å². The minimum Gasteiger partial charge on any atom is -0.462 e. The molecule has 2 rings (SSSR count). The zero-order valence-corrected chi connectivity index (χ0v) is 15.0. The summed E-state index contributed by atoms with van der Waals surface area (Å²) in [6, 6.07) is 5.07. The largest absolute Gasteiger partial charge is 0.573 e. The van der Waals surface area contributed by atoms with E-state index in [1.807, 2.05) is 0 Å². The highest BCUT2D eigenvalue weighted by Gasteiger charge is 2.31. The molecule has 0 bridgehead atoms. The fourth-order valence-corrected chi connectivity index (χ4v) is 2.46. The first-order valence-corrected chi connectivity index (χ1v) is 8.68. The first-order valence-electron chi connectivity index (χ1n) is 7.46. The van der Waals surface area contributed by atoms with E-state index in [0.717, 1.165) is 12.1 Å². The molecule has 0 saturated heterocycles. The van der Waals surface area contributed by atoms with Crippen molar-refractivity contribution in [1.29, 1.82) is 0 Å². The van der Waals surface area contributed by atoms with Crippen molar-refractivity contribution in [2.45, 2.75) is 25.4 Å². The molecule has 0 aliphatic carbocycles. The highest BCUT2D eigenvalue weighted by atomic mass is 32.2. The minimum atomic E-state index is -4.76. The maximum atomic E-state index is 12.2. The third-order valence-corrected chi connectivity index (χ3v) is 3.63. The van der Waals surface area contributed by atoms with E-state index in [2.05, 4.69) is 20.0 Å². The van der Waals surface area contributed by atoms with Crippen molar-refractivity contribution >= 4 is 29.2 Å². The Hall–Kier alpha value is -2.49. The number of carbonyl (C=O) groups excluding carboxylic acids is 1. The molecule has 1 aromatic heterocycles. The van der Waals surface area contributed by atoms with E-state index in [4.69, 9.17) is 4.74 Å². The number of aryl methyl sites for hydroxylation is 1. The molecule has 6 nitrogen and oxygen atoms in total. The Morgan fingerprint density at radius 3 is 2.42 bits per heavy atom. The maximum Gasteiger partial charge on any atom is 0.573 e. The number of benzene rings is 1. The van der Waals surface area contributed by atoms with E-state index in [0.29, 0.717) is 16.5 Å². The summed E-state index contributed by atoms with van der Waals surface area (Å²) >= 11 is 1.29. The van der Waals surface area contributed by atoms with Crippen LogP contribution in [0, 0.1) is 6.92 Å². The van der Waals surface area contributed by atoms with Crippen LogP contribution in [-0.4, -0.2) is 35.2 Å². The van der Waals surface area contributed by atoms with E-state index in [1.54, 1.807) is 20.1 Å². The summed E-state index contributed by atoms with van der Waals surface area (Å²) in [7, 11) is 0. The van der Waals surface area contributed by atoms with Crippen LogP contribution in [0.15, 0.2) is 29.4 Å². The summed E-state index contributed by atoms with van der Waals surface area (Å²) in [6.45, 7) is 3.52. The number of ether oxygens (including phenoxy) is 2. The van der Waals surface area contributed by atoms with Crippen molar-refractivity contribution in [2.24, 2.45) is 0 Å². The topological polar surface area (TPSA) is 73.3 Å². The molecular weight excluding hydrogens is 371 g/mol. The maximum absolute atomic E-state index is 12.2. The van der Waals surface area contributed by atoms with Gasteiger partial charge in [-0.2, -0.15) is 0 Å². The second kappa shape index (κ2) is 8.26. The molecule has 0 radical (unpaired) electrons. The van der Waals surface area contributed by atoms with Crippen LogP contribution in [-0.2, 0) is 4.74 Å². The molecule has 0 unspecified atom stereocenters. The molecular formula is C16H16F3N3O3S. The monoisotopic (exact) mass is 387 g/mol. The summed E-state index contributed by atoms with van der Waals surface area (Å²) < 4.78 is 45.5. The standard InChI is InChI=1S/C16H16F3N3O3S/c1-4-24-14(23)12-9(2)20-15(26-3)22-13(12)21-10-5-7-11(8-6-10)25-16(17,18)19/h5-8H,4H2,1-3H3,(H,20,21,22). The summed E-state index contributed by atoms with van der Waals surface area (Å²) in [5.41, 5.74) is 1.03. The molecule has 0 amide bonds. The van der Waals surface area contributed by atoms with E-state index >= 15 is 0 Å². The predicted octanol–water partition coefficient (Wildman–Crippen LogP) is 4.33. The van der Waals surface area contributed by atoms with Gasteiger partial charge in [-0.3, -0.25) is 0 Å². The molecule has 2 aromatic rings. The number of halogens is 3. The highest BCUT2D eigenvalue weighted by molar-refractivity contribution is 7.98. The third-order valence-electron chi connectivity index (χ3n) is 3.08. The van der Waals surface area contributed by atoms with Crippen LogP contribution >= 0.6 is 11.8 Å². The summed E-state index contributed by atoms with van der Waals surface area (Å²) in [6.07, 6.45) is -2.98. The fourth-order valence-electron chi connectivity index (χ4n) is 2.05. The van der Waals surface area contributed by atoms with E-state index in [1.165, 1.54) is 23.9 Å². The number of hydrogen-bond acceptors (Lipinski definition) is 7. The zero-order chi connectivity index (χ0) is 19.3. The number of esters is 1. The number of hydrogen-bond donors (Lipinski definition) is 1. The first kappa shape index (κ1) is 19.8. The third kappa shape index (κ3) is 5.25. The van der Waals surface area contributed by atoms with Gasteiger partial charge >= 0.3 is 12.3 Å². The van der Waals surface area contributed by atoms with Gasteiger partial charge in [-0.05, 0) is 44.4 Å². The van der Waals surface area contributed by atoms with Crippen LogP contribution in [0.5, 0.6) is 5.75 Å². The van der Waals surface area contributed by atoms with Crippen LogP contribution in [0.1, 0.15) is 23.0 Å². The van der Waals surface area contributed by atoms with E-state index < -0.39 is 12.3 Å². The van der Waals surface area contributed by atoms with Crippen molar-refractivity contribution in [1.82, 2.24) is 9.97 Å². The highest BCUT2D eigenvalue weighted by Crippen LogP contribution is 2.27. The van der Waals surface area contributed by atoms with E-state index in [-0.39, 0.29) is 23.7 Å². The van der Waals surface area contributed by atoms with Crippen molar-refractivity contribution in [3.05, 3.63) is 35.5 Å². The fraction of sp³-hybridized carbons (Fsp3) is 0.312. The molecule has 0 saturated carbocycles. The number of nitrogens with zero attached hydrogens (tertiary/aromatic N) is 2. The molecule has 0 atom stereocenters. The molecule has 0 fully saturated rings. The van der Waals surface area contributed by atoms with Gasteiger partial charge in [-0.25, -0.2) is 14.8 Å². The predicted molar refractivity (Wildman–Crippen MR) is 90.9 cm³/mol. The van der Waals surface area contributed by atoms with Gasteiger partial charge in [0.05, 0.1) is 12.3 Å². The van der Waals surface area contributed by atoms with Gasteiger partial charge in [0.25, 0.3) is 0 Å². The van der Waals surface area contributed by atoms with Crippen LogP contribution in [0.4, 0.5) is 24.7 Å². The van der Waals surface area contributed by atoms with Crippen molar-refractivity contribution in [3.8, 4) is 5.75 Å². The van der Waals surface area contributed by atoms with Crippen molar-refractivity contribution in [3.63, 3.8) is 0 Å². The quantitative estimate of drug-likeness (QED) is 0.449. The Labute approximate surface area is 152 Å². The molecule has 10 heteroatoms. The summed E-state index contributed by atoms with van der Waals surface area (Å²) in [4.78, 5) is 20.7. The SMILES string of the molecule is CCOC(=O)c1c(C)nc(SC)nc1Nc1ccc(OC(F)(F)F)cc1. The van der Waals surface area contributed by atoms with Gasteiger partial charge in [0.15, 0.2) is 5.16 Å². The van der Waals surface area contributed by atoms with Crippen LogP contribution < -0.4 is 10.1 Å². The number of alkyl halides is 3. The lowest BCUT2D eigenvalue weighted by molar-refractivity contribution is -0.274. The molecule has 1 aromatic carbocycles. The zero-order valence-electron chi connectivity index (χ0n) is 14.2. The smallest absolute Gasteiger partial charge is 0.462 e. The van der Waals surface area contributed by atoms with Crippen molar-refractivity contribution < 1.29 is 27.4 Å². The van der Waals surface area contributed by atoms with Crippen LogP contribution in [0.25, 0.3) is 0 Å². The second-order valence-electron chi connectivity index (χ2n) is 4.94. The van der Waals surface area contributed by atoms with Gasteiger partial charge in [-0.15, -0.1) is 13.2 Å². The Bertz CT molecular complexity index is 783. The van der Waals surface area contributed by atoms with E-state index in [9.17, 15) is 18.0 Å². The van der Waals surface area contributed by atoms with Crippen LogP contribution in [0.3, 0.4) is 0 Å². The minimum absolute atomic E-state index is 0.167. The number of nitrogens with one attached hydrogen (secondary N) is 1. The lowest BCUT2D eigenvalue weighted by Crippen LogP contribution is -2.17. The number of anilines is 2. The number of thioether (sulfide) groups is 1. The number of aromatic nitrogens is 2. The number of carbonyl (C=O) groups is 1. The lowest BCUT2D eigenvalue weighted by atomic mass is 10.2. The first-order chi connectivity index (χ1) is 12.2. The summed E-state index contributed by atoms with van der Waals surface area (Å²) in [5, 5.41) is 3.36. The van der Waals surface area contributed by atoms with Crippen LogP contribution in [0.2, 0.25) is 0 Å². The Kier molecular flexibility index (Phi) is 6.30. The number of rotatable bonds is 6. The lowest BCUT2D eigenvalue weighted by Gasteiger charge is -2.14.